The Labute approximate surface area is 145 Å². The van der Waals surface area contributed by atoms with E-state index < -0.39 is 0 Å². The molecule has 2 fully saturated rings. The van der Waals surface area contributed by atoms with Crippen LogP contribution in [0.1, 0.15) is 30.7 Å². The maximum Gasteiger partial charge on any atom is 0.249 e. The number of carbonyl (C=O) groups excluding carboxylic acids is 1. The van der Waals surface area contributed by atoms with Crippen LogP contribution in [0.3, 0.4) is 0 Å². The van der Waals surface area contributed by atoms with Crippen LogP contribution in [0.4, 0.5) is 0 Å². The molecule has 0 N–H and O–H groups in total. The Bertz CT molecular complexity index is 682. The number of nitrogens with zero attached hydrogens (tertiary/aromatic N) is 2. The second kappa shape index (κ2) is 7.17. The number of morpholine rings is 1. The highest BCUT2D eigenvalue weighted by Crippen LogP contribution is 2.28. The normalized spacial score (nSPS) is 24.1. The van der Waals surface area contributed by atoms with Crippen LogP contribution in [0, 0.1) is 0 Å². The minimum atomic E-state index is 0.0799. The Kier molecular flexibility index (Phi) is 4.78. The van der Waals surface area contributed by atoms with E-state index in [0.29, 0.717) is 19.8 Å². The van der Waals surface area contributed by atoms with E-state index in [4.69, 9.17) is 9.47 Å². The molecule has 1 amide bonds. The van der Waals surface area contributed by atoms with E-state index in [1.54, 1.807) is 11.3 Å². The lowest BCUT2D eigenvalue weighted by Crippen LogP contribution is -2.55. The number of hydrogen-bond donors (Lipinski definition) is 0. The topological polar surface area (TPSA) is 51.7 Å². The molecule has 2 heterocycles. The van der Waals surface area contributed by atoms with Gasteiger partial charge < -0.3 is 14.4 Å². The van der Waals surface area contributed by atoms with Crippen LogP contribution in [0.15, 0.2) is 24.3 Å². The fourth-order valence-corrected chi connectivity index (χ4v) is 4.60. The lowest BCUT2D eigenvalue weighted by Gasteiger charge is -2.43. The van der Waals surface area contributed by atoms with Gasteiger partial charge in [0.05, 0.1) is 35.6 Å². The van der Waals surface area contributed by atoms with Crippen LogP contribution in [0.25, 0.3) is 10.2 Å². The number of benzene rings is 1. The third-order valence-electron chi connectivity index (χ3n) is 4.84. The number of thiazole rings is 1. The molecule has 1 saturated heterocycles. The molecule has 1 aromatic heterocycles. The number of para-hydroxylation sites is 1. The SMILES string of the molecule is O=C(COCc1nc2ccccc2s1)N1CCO[C@@H]2CCCC[C@H]21. The van der Waals surface area contributed by atoms with E-state index in [9.17, 15) is 4.79 Å². The Morgan fingerprint density at radius 3 is 3.12 bits per heavy atom. The van der Waals surface area contributed by atoms with Gasteiger partial charge in [-0.2, -0.15) is 0 Å². The first-order valence-electron chi connectivity index (χ1n) is 8.64. The summed E-state index contributed by atoms with van der Waals surface area (Å²) in [6, 6.07) is 8.28. The summed E-state index contributed by atoms with van der Waals surface area (Å²) in [5, 5.41) is 0.918. The number of amides is 1. The van der Waals surface area contributed by atoms with Crippen molar-refractivity contribution in [1.29, 1.82) is 0 Å². The van der Waals surface area contributed by atoms with Gasteiger partial charge in [-0.1, -0.05) is 25.0 Å². The largest absolute Gasteiger partial charge is 0.374 e. The smallest absolute Gasteiger partial charge is 0.249 e. The van der Waals surface area contributed by atoms with Crippen molar-refractivity contribution >= 4 is 27.5 Å². The van der Waals surface area contributed by atoms with Gasteiger partial charge in [0.25, 0.3) is 0 Å². The van der Waals surface area contributed by atoms with Crippen molar-refractivity contribution in [2.75, 3.05) is 19.8 Å². The number of fused-ring (bicyclic) bond motifs is 2. The summed E-state index contributed by atoms with van der Waals surface area (Å²) in [7, 11) is 0. The molecule has 6 heteroatoms. The zero-order valence-corrected chi connectivity index (χ0v) is 14.5. The van der Waals surface area contributed by atoms with Gasteiger partial charge in [-0.05, 0) is 25.0 Å². The first-order valence-corrected chi connectivity index (χ1v) is 9.46. The molecule has 128 valence electrons. The molecule has 1 saturated carbocycles. The van der Waals surface area contributed by atoms with Gasteiger partial charge in [0.1, 0.15) is 11.6 Å². The van der Waals surface area contributed by atoms with Gasteiger partial charge in [-0.15, -0.1) is 11.3 Å². The van der Waals surface area contributed by atoms with E-state index in [2.05, 4.69) is 11.1 Å². The first-order chi connectivity index (χ1) is 11.8. The summed E-state index contributed by atoms with van der Waals surface area (Å²) in [5.74, 6) is 0.0799. The summed E-state index contributed by atoms with van der Waals surface area (Å²) in [5.41, 5.74) is 0.991. The van der Waals surface area contributed by atoms with Gasteiger partial charge in [0.2, 0.25) is 5.91 Å². The van der Waals surface area contributed by atoms with Crippen molar-refractivity contribution in [2.24, 2.45) is 0 Å². The van der Waals surface area contributed by atoms with Crippen LogP contribution in [-0.4, -0.2) is 47.7 Å². The predicted molar refractivity (Wildman–Crippen MR) is 93.0 cm³/mol. The van der Waals surface area contributed by atoms with Crippen LogP contribution in [0.2, 0.25) is 0 Å². The van der Waals surface area contributed by atoms with Gasteiger partial charge in [0, 0.05) is 6.54 Å². The molecule has 5 nitrogen and oxygen atoms in total. The summed E-state index contributed by atoms with van der Waals surface area (Å²) >= 11 is 1.62. The van der Waals surface area contributed by atoms with E-state index in [1.165, 1.54) is 12.8 Å². The molecule has 2 aromatic rings. The van der Waals surface area contributed by atoms with E-state index in [-0.39, 0.29) is 24.7 Å². The molecule has 0 spiro atoms. The molecule has 0 unspecified atom stereocenters. The lowest BCUT2D eigenvalue weighted by atomic mass is 9.90. The fourth-order valence-electron chi connectivity index (χ4n) is 3.70. The van der Waals surface area contributed by atoms with E-state index >= 15 is 0 Å². The van der Waals surface area contributed by atoms with Gasteiger partial charge in [-0.3, -0.25) is 4.79 Å². The molecule has 1 aromatic carbocycles. The number of ether oxygens (including phenoxy) is 2. The zero-order valence-electron chi connectivity index (χ0n) is 13.6. The number of hydrogen-bond acceptors (Lipinski definition) is 5. The van der Waals surface area contributed by atoms with Crippen molar-refractivity contribution in [1.82, 2.24) is 9.88 Å². The number of rotatable bonds is 4. The molecular weight excluding hydrogens is 324 g/mol. The van der Waals surface area contributed by atoms with E-state index in [0.717, 1.165) is 28.1 Å². The number of carbonyl (C=O) groups is 1. The third-order valence-corrected chi connectivity index (χ3v) is 5.85. The minimum absolute atomic E-state index is 0.0799. The van der Waals surface area contributed by atoms with Gasteiger partial charge in [-0.25, -0.2) is 4.98 Å². The Balaban J connectivity index is 1.32. The second-order valence-electron chi connectivity index (χ2n) is 6.42. The highest BCUT2D eigenvalue weighted by molar-refractivity contribution is 7.18. The van der Waals surface area contributed by atoms with Crippen LogP contribution in [-0.2, 0) is 20.9 Å². The summed E-state index contributed by atoms with van der Waals surface area (Å²) < 4.78 is 12.6. The third kappa shape index (κ3) is 3.31. The van der Waals surface area contributed by atoms with Crippen molar-refractivity contribution in [3.8, 4) is 0 Å². The fraction of sp³-hybridized carbons (Fsp3) is 0.556. The molecule has 2 atom stereocenters. The minimum Gasteiger partial charge on any atom is -0.374 e. The van der Waals surface area contributed by atoms with Crippen molar-refractivity contribution in [3.05, 3.63) is 29.3 Å². The Hall–Kier alpha value is -1.50. The van der Waals surface area contributed by atoms with Crippen LogP contribution >= 0.6 is 11.3 Å². The maximum absolute atomic E-state index is 12.5. The number of aromatic nitrogens is 1. The van der Waals surface area contributed by atoms with Gasteiger partial charge >= 0.3 is 0 Å². The van der Waals surface area contributed by atoms with Crippen LogP contribution < -0.4 is 0 Å². The average molecular weight is 346 g/mol. The molecule has 1 aliphatic heterocycles. The van der Waals surface area contributed by atoms with E-state index in [1.807, 2.05) is 23.1 Å². The van der Waals surface area contributed by atoms with Crippen molar-refractivity contribution in [3.63, 3.8) is 0 Å². The maximum atomic E-state index is 12.5. The first kappa shape index (κ1) is 16.0. The molecular formula is C18H22N2O3S. The zero-order chi connectivity index (χ0) is 16.4. The highest BCUT2D eigenvalue weighted by Gasteiger charge is 2.36. The molecule has 24 heavy (non-hydrogen) atoms. The summed E-state index contributed by atoms with van der Waals surface area (Å²) in [4.78, 5) is 19.1. The van der Waals surface area contributed by atoms with Crippen molar-refractivity contribution < 1.29 is 14.3 Å². The molecule has 4 rings (SSSR count). The molecule has 2 aliphatic rings. The summed E-state index contributed by atoms with van der Waals surface area (Å²) in [6.07, 6.45) is 4.73. The van der Waals surface area contributed by atoms with Crippen LogP contribution in [0.5, 0.6) is 0 Å². The van der Waals surface area contributed by atoms with Crippen molar-refractivity contribution in [2.45, 2.75) is 44.4 Å². The Morgan fingerprint density at radius 2 is 2.21 bits per heavy atom. The average Bonchev–Trinajstić information content (AvgIpc) is 3.04. The molecule has 1 aliphatic carbocycles. The lowest BCUT2D eigenvalue weighted by molar-refractivity contribution is -0.154. The van der Waals surface area contributed by atoms with Gasteiger partial charge in [0.15, 0.2) is 0 Å². The molecule has 0 bridgehead atoms. The predicted octanol–water partition coefficient (Wildman–Crippen LogP) is 2.98. The monoisotopic (exact) mass is 346 g/mol. The quantitative estimate of drug-likeness (QED) is 0.854. The summed E-state index contributed by atoms with van der Waals surface area (Å²) in [6.45, 7) is 1.85. The second-order valence-corrected chi connectivity index (χ2v) is 7.53. The molecule has 0 radical (unpaired) electrons. The standard InChI is InChI=1S/C18H22N2O3S/c21-18(20-9-10-23-15-7-3-2-6-14(15)20)12-22-11-17-19-13-5-1-4-8-16(13)24-17/h1,4-5,8,14-15H,2-3,6-7,9-12H2/t14-,15-/m1/s1. The highest BCUT2D eigenvalue weighted by atomic mass is 32.1. The Morgan fingerprint density at radius 1 is 1.33 bits per heavy atom.